The first-order valence-corrected chi connectivity index (χ1v) is 42.1. The topological polar surface area (TPSA) is 448 Å². The van der Waals surface area contributed by atoms with Crippen LogP contribution in [-0.2, 0) is 100 Å². The third-order valence-corrected chi connectivity index (χ3v) is 23.3. The van der Waals surface area contributed by atoms with E-state index in [-0.39, 0.29) is 87.9 Å². The summed E-state index contributed by atoms with van der Waals surface area (Å²) in [6.07, 6.45) is 9.17. The van der Waals surface area contributed by atoms with Gasteiger partial charge in [0.1, 0.15) is 59.6 Å². The molecule has 1 aliphatic carbocycles. The molecule has 3 amide bonds. The molecule has 2 bridgehead atoms. The van der Waals surface area contributed by atoms with E-state index in [0.717, 1.165) is 33.6 Å². The number of amides is 3. The number of carbonyl (C=O) groups excluding carboxylic acids is 7. The van der Waals surface area contributed by atoms with E-state index in [1.54, 1.807) is 33.9 Å². The van der Waals surface area contributed by atoms with E-state index in [1.165, 1.54) is 32.0 Å². The molecule has 4 aliphatic heterocycles. The number of anilines is 2. The van der Waals surface area contributed by atoms with Crippen LogP contribution in [0.3, 0.4) is 0 Å². The van der Waals surface area contributed by atoms with E-state index in [9.17, 15) is 48.9 Å². The quantitative estimate of drug-likeness (QED) is 0.0103. The number of fused-ring (bicyclic) bond motifs is 6. The zero-order chi connectivity index (χ0) is 86.0. The monoisotopic (exact) mass is 1670 g/mol. The molecule has 0 unspecified atom stereocenters. The van der Waals surface area contributed by atoms with Crippen molar-refractivity contribution in [3.63, 3.8) is 0 Å². The number of ether oxygens (including phenoxy) is 11. The van der Waals surface area contributed by atoms with Crippen LogP contribution < -0.4 is 22.5 Å². The van der Waals surface area contributed by atoms with Gasteiger partial charge >= 0.3 is 12.1 Å². The number of aliphatic hydroxyl groups is 3. The normalized spacial score (nSPS) is 27.9. The van der Waals surface area contributed by atoms with Gasteiger partial charge in [0.15, 0.2) is 17.0 Å². The number of hydrogen-bond donors (Lipinski definition) is 7. The molecule has 7 heterocycles. The van der Waals surface area contributed by atoms with Crippen LogP contribution in [0.5, 0.6) is 0 Å². The molecule has 2 saturated heterocycles. The predicted octanol–water partition coefficient (Wildman–Crippen LogP) is 7.19. The Morgan fingerprint density at radius 1 is 0.742 bits per heavy atom. The molecule has 0 spiro atoms. The molecule has 1 saturated carbocycles. The Morgan fingerprint density at radius 2 is 1.45 bits per heavy atom. The molecule has 5 aromatic rings. The van der Waals surface area contributed by atoms with Gasteiger partial charge in [0.2, 0.25) is 11.7 Å². The van der Waals surface area contributed by atoms with Gasteiger partial charge in [-0.3, -0.25) is 24.0 Å². The van der Waals surface area contributed by atoms with E-state index in [1.807, 2.05) is 72.0 Å². The van der Waals surface area contributed by atoms with Crippen LogP contribution in [-0.4, -0.2) is 265 Å². The Kier molecular flexibility index (Phi) is 35.7. The Balaban J connectivity index is 0.584. The number of cyclic esters (lactones) is 1. The van der Waals surface area contributed by atoms with Crippen molar-refractivity contribution in [2.45, 2.75) is 205 Å². The summed E-state index contributed by atoms with van der Waals surface area (Å²) in [7, 11) is 3.06. The molecule has 0 radical (unpaired) electrons. The first kappa shape index (κ1) is 93.5. The number of rotatable bonds is 30. The molecule has 2 aromatic carbocycles. The number of esters is 1. The van der Waals surface area contributed by atoms with E-state index < -0.39 is 120 Å². The Morgan fingerprint density at radius 3 is 2.16 bits per heavy atom. The first-order valence-electron chi connectivity index (χ1n) is 42.1. The van der Waals surface area contributed by atoms with Crippen LogP contribution in [0.1, 0.15) is 142 Å². The number of nitrogens with one attached hydrogen (secondary N) is 1. The molecule has 33 nitrogen and oxygen atoms in total. The summed E-state index contributed by atoms with van der Waals surface area (Å²) < 4.78 is 71.1. The molecule has 15 atom stereocenters. The largest absolute Gasteiger partial charge is 0.459 e. The lowest BCUT2D eigenvalue weighted by Crippen LogP contribution is -2.61. The summed E-state index contributed by atoms with van der Waals surface area (Å²) in [4.78, 5) is 114. The second kappa shape index (κ2) is 45.9. The maximum Gasteiger partial charge on any atom is 0.407 e. The lowest BCUT2D eigenvalue weighted by molar-refractivity contribution is -0.265. The third kappa shape index (κ3) is 25.9. The highest BCUT2D eigenvalue weighted by Crippen LogP contribution is 2.39. The second-order valence-electron chi connectivity index (χ2n) is 32.2. The molecule has 3 aromatic heterocycles. The van der Waals surface area contributed by atoms with Crippen LogP contribution >= 0.6 is 0 Å². The maximum atomic E-state index is 14.7. The number of piperidine rings is 1. The van der Waals surface area contributed by atoms with Crippen LogP contribution in [0.15, 0.2) is 94.7 Å². The van der Waals surface area contributed by atoms with Crippen LogP contribution in [0, 0.1) is 29.6 Å². The van der Waals surface area contributed by atoms with Crippen molar-refractivity contribution in [2.75, 3.05) is 125 Å². The highest BCUT2D eigenvalue weighted by atomic mass is 16.6. The van der Waals surface area contributed by atoms with Crippen molar-refractivity contribution in [1.29, 1.82) is 0 Å². The fourth-order valence-electron chi connectivity index (χ4n) is 16.2. The number of aliphatic hydroxyl groups excluding tert-OH is 2. The zero-order valence-corrected chi connectivity index (χ0v) is 70.5. The van der Waals surface area contributed by atoms with Crippen molar-refractivity contribution in [3.8, 4) is 11.3 Å². The summed E-state index contributed by atoms with van der Waals surface area (Å²) >= 11 is 0. The summed E-state index contributed by atoms with van der Waals surface area (Å²) in [5.41, 5.74) is 26.7. The number of hydrogen-bond acceptors (Lipinski definition) is 29. The van der Waals surface area contributed by atoms with Gasteiger partial charge in [0, 0.05) is 82.6 Å². The number of nitrogens with zero attached hydrogens (tertiary/aromatic N) is 7. The smallest absolute Gasteiger partial charge is 0.407 e. The molecule has 658 valence electrons. The average molecular weight is 1670 g/mol. The van der Waals surface area contributed by atoms with Crippen LogP contribution in [0.25, 0.3) is 33.4 Å². The fourth-order valence-corrected chi connectivity index (χ4v) is 16.2. The lowest BCUT2D eigenvalue weighted by atomic mass is 9.80. The van der Waals surface area contributed by atoms with Crippen molar-refractivity contribution in [2.24, 2.45) is 35.3 Å². The van der Waals surface area contributed by atoms with E-state index in [4.69, 9.17) is 78.8 Å². The van der Waals surface area contributed by atoms with Crippen molar-refractivity contribution in [3.05, 3.63) is 107 Å². The Hall–Kier alpha value is -8.81. The number of alkyl carbamates (subject to hydrolysis) is 1. The van der Waals surface area contributed by atoms with Gasteiger partial charge in [-0.15, -0.1) is 0 Å². The molecule has 120 heavy (non-hydrogen) atoms. The number of ketones is 3. The van der Waals surface area contributed by atoms with Gasteiger partial charge in [-0.2, -0.15) is 10.1 Å². The molecule has 10 N–H and O–H groups in total. The maximum absolute atomic E-state index is 14.7. The molecule has 3 fully saturated rings. The number of Topliss-reactive ketones (excluding diaryl/α,β-unsaturated/α-hetero) is 3. The highest BCUT2D eigenvalue weighted by Gasteiger charge is 2.53. The first-order chi connectivity index (χ1) is 57.7. The molecule has 5 aliphatic rings. The highest BCUT2D eigenvalue weighted by molar-refractivity contribution is 6.39. The third-order valence-electron chi connectivity index (χ3n) is 23.3. The lowest BCUT2D eigenvalue weighted by Gasteiger charge is -2.42. The minimum atomic E-state index is -2.51. The second-order valence-corrected chi connectivity index (χ2v) is 32.2. The Bertz CT molecular complexity index is 4380. The van der Waals surface area contributed by atoms with E-state index in [2.05, 4.69) is 32.4 Å². The van der Waals surface area contributed by atoms with Gasteiger partial charge in [0.05, 0.1) is 116 Å². The minimum Gasteiger partial charge on any atom is -0.459 e. The molecule has 10 rings (SSSR count). The van der Waals surface area contributed by atoms with E-state index in [0.29, 0.717) is 164 Å². The number of oxazole rings is 1. The summed E-state index contributed by atoms with van der Waals surface area (Å²) in [5.74, 6) is -8.96. The number of methoxy groups -OCH3 is 2. The molecular formula is C87H123N11O22. The predicted molar refractivity (Wildman–Crippen MR) is 443 cm³/mol. The zero-order valence-electron chi connectivity index (χ0n) is 70.5. The van der Waals surface area contributed by atoms with Gasteiger partial charge in [-0.25, -0.2) is 24.2 Å². The van der Waals surface area contributed by atoms with Gasteiger partial charge in [-0.1, -0.05) is 82.4 Å². The van der Waals surface area contributed by atoms with Crippen molar-refractivity contribution in [1.82, 2.24) is 39.8 Å². The molecular weight excluding hydrogens is 1550 g/mol. The van der Waals surface area contributed by atoms with Gasteiger partial charge < -0.3 is 104 Å². The van der Waals surface area contributed by atoms with Gasteiger partial charge in [-0.05, 0) is 142 Å². The number of nitrogen functional groups attached to an aromatic ring is 2. The number of carbonyl (C=O) groups is 7. The van der Waals surface area contributed by atoms with Crippen LogP contribution in [0.4, 0.5) is 16.6 Å². The minimum absolute atomic E-state index is 0.00261. The average Bonchev–Trinajstić information content (AvgIpc) is 1.51. The fraction of sp³-hybridized carbons (Fsp3) is 0.621. The number of allylic oxidation sites excluding steroid dienone is 6. The SMILES string of the molecule is CO[C@H]1C[C@@H]2CC[C@@H](C)[C@@](O)(O2)C(=O)C(=O)N2CCCC[C@H]2C(=O)O[C@H]([C@H](N)C[C@@H]2CC[C@@H](OC(=O)NCCOCCOCCOCCOCCOCCOCCC(=O)N3CCc4cc(Cn5nc(-c6ccc7oc(N)nc7c6)c6c(N)ncnc65)ccc4C3)[C@H](OC)C2)CC(=O)[C@H](C)/C=C(\C)[C@@H](O)[C@@H](O)C(=O)[C@H](C)C[C@H](C)/C=C/C=C/C=C/1C. The molecule has 33 heteroatoms. The number of aromatic nitrogens is 5. The summed E-state index contributed by atoms with van der Waals surface area (Å²) in [6, 6.07) is 9.63. The van der Waals surface area contributed by atoms with Crippen molar-refractivity contribution < 1.29 is 105 Å². The standard InChI is InChI=1S/C87H123N11O22/c1-53-14-10-9-11-15-54(2)71(109-7)48-64-22-17-58(6)87(108,120-64)80(104)83(105)97-28-13-12-16-67(97)84(106)117-72(49-68(99)55(3)43-57(5)78(102)79(103)77(101)56(4)42-53)65(88)45-59-19-23-70(73(46-59)110-8)119-86(107)91-27-31-112-33-35-114-37-39-116-41-40-115-38-36-113-34-32-111-30-26-74(100)96-29-25-61-44-60(18-20-63(61)51-96)50-98-82-75(81(89)92-52-93-82)76(95-98)62-21-24-69-66(47-62)94-85(90)118-69/h9-11,14-15,18,20-21,24,43-44,47,52-53,55-56,58-59,64-65,67,70-73,78-79,102-103,108H,12-13,16-17,19,22-23,25-42,45-46,48-51,88H2,1-8H3,(H2,90,94)(H,91,107)(H2,89,92,93)/b11-9+,14-10+,54-15+,57-43+/t53-,55-,56-,58-,59+,64+,65-,67+,70-,71+,72+,73-,78-,79+,87-/m1/s1. The summed E-state index contributed by atoms with van der Waals surface area (Å²) in [6.45, 7) is 15.9. The van der Waals surface area contributed by atoms with Crippen LogP contribution in [0.2, 0.25) is 0 Å². The Labute approximate surface area is 700 Å². The summed E-state index contributed by atoms with van der Waals surface area (Å²) in [5, 5.41) is 42.9. The van der Waals surface area contributed by atoms with Gasteiger partial charge in [0.25, 0.3) is 17.7 Å². The number of benzene rings is 2. The van der Waals surface area contributed by atoms with Crippen molar-refractivity contribution >= 4 is 75.2 Å². The number of nitrogens with two attached hydrogens (primary N) is 3. The van der Waals surface area contributed by atoms with E-state index >= 15 is 0 Å².